The predicted octanol–water partition coefficient (Wildman–Crippen LogP) is 4.54. The van der Waals surface area contributed by atoms with Crippen LogP contribution in [0.4, 0.5) is 27.6 Å². The fraction of sp³-hybridized carbons (Fsp3) is 0.143. The number of benzene rings is 2. The van der Waals surface area contributed by atoms with Crippen molar-refractivity contribution < 1.29 is 22.0 Å². The van der Waals surface area contributed by atoms with Crippen LogP contribution >= 0.6 is 0 Å². The van der Waals surface area contributed by atoms with Crippen molar-refractivity contribution >= 4 is 5.69 Å². The Morgan fingerprint density at radius 2 is 1.55 bits per heavy atom. The largest absolute Gasteiger partial charge is 0.416 e. The van der Waals surface area contributed by atoms with Crippen molar-refractivity contribution in [3.63, 3.8) is 0 Å². The van der Waals surface area contributed by atoms with E-state index in [4.69, 9.17) is 5.73 Å². The van der Waals surface area contributed by atoms with Crippen LogP contribution in [-0.4, -0.2) is 0 Å². The summed E-state index contributed by atoms with van der Waals surface area (Å²) in [5.74, 6) is -1.69. The number of aryl methyl sites for hydroxylation is 1. The van der Waals surface area contributed by atoms with Gasteiger partial charge >= 0.3 is 6.18 Å². The van der Waals surface area contributed by atoms with E-state index in [1.54, 1.807) is 0 Å². The molecular weight excluding hydrogens is 277 g/mol. The molecule has 0 heterocycles. The first-order valence-electron chi connectivity index (χ1n) is 5.63. The molecule has 0 aliphatic rings. The van der Waals surface area contributed by atoms with Crippen LogP contribution in [0.25, 0.3) is 11.1 Å². The zero-order chi connectivity index (χ0) is 15.1. The zero-order valence-electron chi connectivity index (χ0n) is 10.4. The molecule has 0 saturated heterocycles. The molecule has 0 saturated carbocycles. The van der Waals surface area contributed by atoms with Gasteiger partial charge < -0.3 is 5.73 Å². The van der Waals surface area contributed by atoms with E-state index in [-0.39, 0.29) is 16.8 Å². The topological polar surface area (TPSA) is 26.0 Å². The molecule has 1 nitrogen and oxygen atoms in total. The second-order valence-corrected chi connectivity index (χ2v) is 4.38. The summed E-state index contributed by atoms with van der Waals surface area (Å²) < 4.78 is 64.5. The molecule has 2 aromatic carbocycles. The van der Waals surface area contributed by atoms with Crippen molar-refractivity contribution in [1.29, 1.82) is 0 Å². The second kappa shape index (κ2) is 4.77. The quantitative estimate of drug-likeness (QED) is 0.604. The lowest BCUT2D eigenvalue weighted by Gasteiger charge is -2.12. The number of rotatable bonds is 1. The van der Waals surface area contributed by atoms with E-state index in [1.807, 2.05) is 0 Å². The second-order valence-electron chi connectivity index (χ2n) is 4.38. The van der Waals surface area contributed by atoms with E-state index < -0.39 is 23.4 Å². The minimum Gasteiger partial charge on any atom is -0.396 e. The fourth-order valence-electron chi connectivity index (χ4n) is 1.89. The lowest BCUT2D eigenvalue weighted by atomic mass is 9.98. The summed E-state index contributed by atoms with van der Waals surface area (Å²) in [5.41, 5.74) is 4.72. The third kappa shape index (κ3) is 2.59. The van der Waals surface area contributed by atoms with E-state index in [0.29, 0.717) is 11.6 Å². The maximum atomic E-state index is 13.8. The average molecular weight is 287 g/mol. The van der Waals surface area contributed by atoms with Crippen LogP contribution in [-0.2, 0) is 6.18 Å². The van der Waals surface area contributed by atoms with E-state index >= 15 is 0 Å². The van der Waals surface area contributed by atoms with Gasteiger partial charge in [-0.2, -0.15) is 13.2 Å². The van der Waals surface area contributed by atoms with Crippen molar-refractivity contribution in [1.82, 2.24) is 0 Å². The summed E-state index contributed by atoms with van der Waals surface area (Å²) in [6, 6.07) is 4.52. The van der Waals surface area contributed by atoms with Gasteiger partial charge in [0, 0.05) is 5.56 Å². The Labute approximate surface area is 111 Å². The van der Waals surface area contributed by atoms with Crippen LogP contribution in [0.15, 0.2) is 30.3 Å². The maximum absolute atomic E-state index is 13.8. The Morgan fingerprint density at radius 3 is 2.10 bits per heavy atom. The van der Waals surface area contributed by atoms with Gasteiger partial charge in [0.25, 0.3) is 0 Å². The van der Waals surface area contributed by atoms with Gasteiger partial charge in [0.2, 0.25) is 0 Å². The highest BCUT2D eigenvalue weighted by molar-refractivity contribution is 5.71. The Balaban J connectivity index is 2.57. The molecule has 106 valence electrons. The monoisotopic (exact) mass is 287 g/mol. The molecule has 0 aromatic heterocycles. The minimum absolute atomic E-state index is 0.0535. The molecule has 0 bridgehead atoms. The molecule has 2 aromatic rings. The average Bonchev–Trinajstić information content (AvgIpc) is 2.33. The summed E-state index contributed by atoms with van der Waals surface area (Å²) in [7, 11) is 0. The van der Waals surface area contributed by atoms with E-state index in [9.17, 15) is 22.0 Å². The summed E-state index contributed by atoms with van der Waals surface area (Å²) in [5, 5.41) is 0. The third-order valence-corrected chi connectivity index (χ3v) is 2.93. The van der Waals surface area contributed by atoms with Crippen LogP contribution < -0.4 is 5.73 Å². The highest BCUT2D eigenvalue weighted by atomic mass is 19.4. The highest BCUT2D eigenvalue weighted by Crippen LogP contribution is 2.34. The molecule has 6 heteroatoms. The normalized spacial score (nSPS) is 11.7. The van der Waals surface area contributed by atoms with E-state index in [2.05, 4.69) is 0 Å². The number of alkyl halides is 3. The number of hydrogen-bond donors (Lipinski definition) is 1. The number of anilines is 1. The Bertz CT molecular complexity index is 661. The van der Waals surface area contributed by atoms with Gasteiger partial charge in [-0.3, -0.25) is 0 Å². The summed E-state index contributed by atoms with van der Waals surface area (Å²) >= 11 is 0. The molecule has 0 aliphatic heterocycles. The van der Waals surface area contributed by atoms with Crippen molar-refractivity contribution in [3.05, 3.63) is 53.1 Å². The molecule has 0 radical (unpaired) electrons. The van der Waals surface area contributed by atoms with Gasteiger partial charge in [0.15, 0.2) is 0 Å². The first-order valence-corrected chi connectivity index (χ1v) is 5.63. The lowest BCUT2D eigenvalue weighted by molar-refractivity contribution is -0.137. The maximum Gasteiger partial charge on any atom is 0.416 e. The molecule has 0 atom stereocenters. The first-order chi connectivity index (χ1) is 9.20. The molecule has 0 spiro atoms. The van der Waals surface area contributed by atoms with Crippen LogP contribution in [0.3, 0.4) is 0 Å². The number of halogens is 5. The van der Waals surface area contributed by atoms with Crippen molar-refractivity contribution in [3.8, 4) is 11.1 Å². The third-order valence-electron chi connectivity index (χ3n) is 2.93. The van der Waals surface area contributed by atoms with Crippen LogP contribution in [0, 0.1) is 18.6 Å². The summed E-state index contributed by atoms with van der Waals surface area (Å²) in [6.45, 7) is 1.52. The fourth-order valence-corrected chi connectivity index (χ4v) is 1.89. The Hall–Kier alpha value is -2.11. The molecule has 0 unspecified atom stereocenters. The highest BCUT2D eigenvalue weighted by Gasteiger charge is 2.31. The minimum atomic E-state index is -4.61. The molecular formula is C14H10F5N. The summed E-state index contributed by atoms with van der Waals surface area (Å²) in [6.07, 6.45) is -4.61. The van der Waals surface area contributed by atoms with Gasteiger partial charge in [0.05, 0.1) is 11.3 Å². The number of nitrogens with two attached hydrogens (primary N) is 1. The Kier molecular flexibility index (Phi) is 3.41. The van der Waals surface area contributed by atoms with Crippen LogP contribution in [0.1, 0.15) is 11.1 Å². The predicted molar refractivity (Wildman–Crippen MR) is 65.9 cm³/mol. The van der Waals surface area contributed by atoms with Gasteiger partial charge in [-0.15, -0.1) is 0 Å². The Morgan fingerprint density at radius 1 is 0.900 bits per heavy atom. The van der Waals surface area contributed by atoms with Gasteiger partial charge in [0.1, 0.15) is 11.6 Å². The van der Waals surface area contributed by atoms with E-state index in [1.165, 1.54) is 13.0 Å². The van der Waals surface area contributed by atoms with Crippen LogP contribution in [0.5, 0.6) is 0 Å². The van der Waals surface area contributed by atoms with Crippen LogP contribution in [0.2, 0.25) is 0 Å². The molecule has 0 fully saturated rings. The smallest absolute Gasteiger partial charge is 0.396 e. The number of nitrogen functional groups attached to an aromatic ring is 1. The van der Waals surface area contributed by atoms with Gasteiger partial charge in [-0.05, 0) is 42.3 Å². The van der Waals surface area contributed by atoms with Gasteiger partial charge in [-0.1, -0.05) is 6.07 Å². The molecule has 2 N–H and O–H groups in total. The molecule has 2 rings (SSSR count). The summed E-state index contributed by atoms with van der Waals surface area (Å²) in [4.78, 5) is 0. The van der Waals surface area contributed by atoms with Crippen molar-refractivity contribution in [2.75, 3.05) is 5.73 Å². The first kappa shape index (κ1) is 14.3. The van der Waals surface area contributed by atoms with E-state index in [0.717, 1.165) is 18.2 Å². The zero-order valence-corrected chi connectivity index (χ0v) is 10.4. The lowest BCUT2D eigenvalue weighted by Crippen LogP contribution is -2.05. The standard InChI is InChI=1S/C14H10F5N/c1-7-4-12(16)13(20)6-10(7)9-3-2-8(5-11(9)15)14(17,18)19/h2-6H,20H2,1H3. The molecule has 0 aliphatic carbocycles. The SMILES string of the molecule is Cc1cc(F)c(N)cc1-c1ccc(C(F)(F)F)cc1F. The van der Waals surface area contributed by atoms with Crippen molar-refractivity contribution in [2.45, 2.75) is 13.1 Å². The molecule has 20 heavy (non-hydrogen) atoms. The van der Waals surface area contributed by atoms with Crippen molar-refractivity contribution in [2.24, 2.45) is 0 Å². The molecule has 0 amide bonds. The van der Waals surface area contributed by atoms with Gasteiger partial charge in [-0.25, -0.2) is 8.78 Å². The number of hydrogen-bond acceptors (Lipinski definition) is 1.